The third-order valence-electron chi connectivity index (χ3n) is 3.50. The van der Waals surface area contributed by atoms with E-state index >= 15 is 0 Å². The van der Waals surface area contributed by atoms with Crippen molar-refractivity contribution in [1.29, 1.82) is 0 Å². The van der Waals surface area contributed by atoms with E-state index in [-0.39, 0.29) is 11.9 Å². The Morgan fingerprint density at radius 3 is 2.81 bits per heavy atom. The summed E-state index contributed by atoms with van der Waals surface area (Å²) in [6.45, 7) is 1.30. The molecule has 1 N–H and O–H groups in total. The van der Waals surface area contributed by atoms with Crippen LogP contribution in [-0.2, 0) is 13.0 Å². The lowest BCUT2D eigenvalue weighted by atomic mass is 10.1. The van der Waals surface area contributed by atoms with Gasteiger partial charge in [-0.05, 0) is 42.9 Å². The topological polar surface area (TPSA) is 30.5 Å². The van der Waals surface area contributed by atoms with E-state index in [1.807, 2.05) is 31.3 Å². The summed E-state index contributed by atoms with van der Waals surface area (Å²) in [5.74, 6) is 1.36. The molecule has 0 radical (unpaired) electrons. The van der Waals surface area contributed by atoms with Crippen LogP contribution in [0.25, 0.3) is 0 Å². The Bertz CT molecular complexity index is 613. The van der Waals surface area contributed by atoms with E-state index in [1.165, 1.54) is 17.7 Å². The molecule has 0 saturated carbocycles. The number of hydrogen-bond acceptors (Lipinski definition) is 3. The lowest BCUT2D eigenvalue weighted by Crippen LogP contribution is -2.22. The van der Waals surface area contributed by atoms with Gasteiger partial charge in [0.1, 0.15) is 30.0 Å². The lowest BCUT2D eigenvalue weighted by molar-refractivity contribution is 0.148. The van der Waals surface area contributed by atoms with Crippen molar-refractivity contribution < 1.29 is 13.9 Å². The van der Waals surface area contributed by atoms with E-state index in [2.05, 4.69) is 5.32 Å². The van der Waals surface area contributed by atoms with Gasteiger partial charge in [0.05, 0.1) is 0 Å². The van der Waals surface area contributed by atoms with Crippen LogP contribution in [0.5, 0.6) is 11.5 Å². The van der Waals surface area contributed by atoms with Crippen LogP contribution >= 0.6 is 0 Å². The molecule has 4 heteroatoms. The van der Waals surface area contributed by atoms with Crippen LogP contribution in [0.15, 0.2) is 42.5 Å². The Hall–Kier alpha value is -2.07. The quantitative estimate of drug-likeness (QED) is 0.917. The molecule has 3 nitrogen and oxygen atoms in total. The van der Waals surface area contributed by atoms with Gasteiger partial charge in [0.2, 0.25) is 0 Å². The highest BCUT2D eigenvalue weighted by molar-refractivity contribution is 5.38. The highest BCUT2D eigenvalue weighted by Crippen LogP contribution is 2.29. The van der Waals surface area contributed by atoms with Crippen molar-refractivity contribution in [3.05, 3.63) is 59.4 Å². The van der Waals surface area contributed by atoms with Gasteiger partial charge in [-0.1, -0.05) is 12.1 Å². The van der Waals surface area contributed by atoms with Crippen LogP contribution in [0.2, 0.25) is 0 Å². The average molecular weight is 287 g/mol. The Labute approximate surface area is 123 Å². The molecule has 2 aromatic carbocycles. The largest absolute Gasteiger partial charge is 0.490 e. The van der Waals surface area contributed by atoms with E-state index in [0.29, 0.717) is 13.0 Å². The summed E-state index contributed by atoms with van der Waals surface area (Å²) in [6.07, 6.45) is 0.629. The van der Waals surface area contributed by atoms with Crippen LogP contribution in [0.3, 0.4) is 0 Å². The standard InChI is InChI=1S/C17H18FNO2/c1-19-10-12-2-5-15(6-3-12)20-11-16-9-13-8-14(18)4-7-17(13)21-16/h2-8,16,19H,9-11H2,1H3. The summed E-state index contributed by atoms with van der Waals surface area (Å²) in [5, 5.41) is 3.10. The van der Waals surface area contributed by atoms with Gasteiger partial charge < -0.3 is 14.8 Å². The minimum atomic E-state index is -0.223. The second-order valence-electron chi connectivity index (χ2n) is 5.18. The van der Waals surface area contributed by atoms with Crippen LogP contribution in [0.4, 0.5) is 4.39 Å². The monoisotopic (exact) mass is 287 g/mol. The fourth-order valence-corrected chi connectivity index (χ4v) is 2.48. The Kier molecular flexibility index (Phi) is 4.06. The van der Waals surface area contributed by atoms with Gasteiger partial charge in [0.25, 0.3) is 0 Å². The fraction of sp³-hybridized carbons (Fsp3) is 0.294. The molecule has 1 atom stereocenters. The van der Waals surface area contributed by atoms with Crippen molar-refractivity contribution in [3.8, 4) is 11.5 Å². The van der Waals surface area contributed by atoms with Gasteiger partial charge in [0, 0.05) is 18.5 Å². The third kappa shape index (κ3) is 3.34. The smallest absolute Gasteiger partial charge is 0.137 e. The second kappa shape index (κ2) is 6.14. The first-order valence-corrected chi connectivity index (χ1v) is 7.06. The number of fused-ring (bicyclic) bond motifs is 1. The first-order valence-electron chi connectivity index (χ1n) is 7.06. The Morgan fingerprint density at radius 1 is 1.24 bits per heavy atom. The number of nitrogens with one attached hydrogen (secondary N) is 1. The molecule has 0 aliphatic carbocycles. The average Bonchev–Trinajstić information content (AvgIpc) is 2.89. The van der Waals surface area contributed by atoms with E-state index in [4.69, 9.17) is 9.47 Å². The predicted octanol–water partition coefficient (Wildman–Crippen LogP) is 2.93. The molecule has 110 valence electrons. The first-order chi connectivity index (χ1) is 10.2. The number of benzene rings is 2. The molecule has 3 rings (SSSR count). The lowest BCUT2D eigenvalue weighted by Gasteiger charge is -2.12. The van der Waals surface area contributed by atoms with Crippen LogP contribution in [0.1, 0.15) is 11.1 Å². The van der Waals surface area contributed by atoms with Gasteiger partial charge in [0.15, 0.2) is 0 Å². The summed E-state index contributed by atoms with van der Waals surface area (Å²) in [6, 6.07) is 12.6. The molecule has 0 saturated heterocycles. The molecule has 0 amide bonds. The van der Waals surface area contributed by atoms with Crippen molar-refractivity contribution in [1.82, 2.24) is 5.32 Å². The zero-order valence-electron chi connectivity index (χ0n) is 11.9. The number of halogens is 1. The Morgan fingerprint density at radius 2 is 2.05 bits per heavy atom. The molecule has 1 heterocycles. The van der Waals surface area contributed by atoms with Crippen molar-refractivity contribution in [2.24, 2.45) is 0 Å². The normalized spacial score (nSPS) is 16.4. The number of ether oxygens (including phenoxy) is 2. The van der Waals surface area contributed by atoms with E-state index in [0.717, 1.165) is 23.6 Å². The first kappa shape index (κ1) is 13.9. The highest BCUT2D eigenvalue weighted by atomic mass is 19.1. The van der Waals surface area contributed by atoms with E-state index in [1.54, 1.807) is 6.07 Å². The zero-order chi connectivity index (χ0) is 14.7. The second-order valence-corrected chi connectivity index (χ2v) is 5.18. The third-order valence-corrected chi connectivity index (χ3v) is 3.50. The Balaban J connectivity index is 1.55. The molecule has 1 unspecified atom stereocenters. The molecule has 1 aliphatic rings. The van der Waals surface area contributed by atoms with Gasteiger partial charge in [-0.25, -0.2) is 4.39 Å². The summed E-state index contributed by atoms with van der Waals surface area (Å²) in [7, 11) is 1.92. The summed E-state index contributed by atoms with van der Waals surface area (Å²) in [4.78, 5) is 0. The molecule has 1 aliphatic heterocycles. The molecule has 2 aromatic rings. The van der Waals surface area contributed by atoms with Crippen molar-refractivity contribution in [2.75, 3.05) is 13.7 Å². The van der Waals surface area contributed by atoms with Crippen LogP contribution < -0.4 is 14.8 Å². The maximum atomic E-state index is 13.1. The van der Waals surface area contributed by atoms with Crippen LogP contribution in [0, 0.1) is 5.82 Å². The van der Waals surface area contributed by atoms with Crippen molar-refractivity contribution >= 4 is 0 Å². The molecule has 0 bridgehead atoms. The SMILES string of the molecule is CNCc1ccc(OCC2Cc3cc(F)ccc3O2)cc1. The van der Waals surface area contributed by atoms with Gasteiger partial charge in [-0.15, -0.1) is 0 Å². The molecular formula is C17H18FNO2. The molecule has 0 fully saturated rings. The van der Waals surface area contributed by atoms with Gasteiger partial charge in [-0.3, -0.25) is 0 Å². The van der Waals surface area contributed by atoms with Crippen molar-refractivity contribution in [3.63, 3.8) is 0 Å². The minimum Gasteiger partial charge on any atom is -0.490 e. The summed E-state index contributed by atoms with van der Waals surface area (Å²) in [5.41, 5.74) is 2.12. The zero-order valence-corrected chi connectivity index (χ0v) is 11.9. The van der Waals surface area contributed by atoms with E-state index in [9.17, 15) is 4.39 Å². The minimum absolute atomic E-state index is 0.0567. The molecule has 0 spiro atoms. The van der Waals surface area contributed by atoms with Crippen LogP contribution in [-0.4, -0.2) is 19.8 Å². The predicted molar refractivity (Wildman–Crippen MR) is 79.2 cm³/mol. The van der Waals surface area contributed by atoms with Gasteiger partial charge >= 0.3 is 0 Å². The molecule has 0 aromatic heterocycles. The van der Waals surface area contributed by atoms with Crippen molar-refractivity contribution in [2.45, 2.75) is 19.1 Å². The summed E-state index contributed by atoms with van der Waals surface area (Å²) < 4.78 is 24.6. The maximum Gasteiger partial charge on any atom is 0.137 e. The van der Waals surface area contributed by atoms with Gasteiger partial charge in [-0.2, -0.15) is 0 Å². The summed E-state index contributed by atoms with van der Waals surface area (Å²) >= 11 is 0. The molecular weight excluding hydrogens is 269 g/mol. The van der Waals surface area contributed by atoms with E-state index < -0.39 is 0 Å². The fourth-order valence-electron chi connectivity index (χ4n) is 2.48. The maximum absolute atomic E-state index is 13.1. The number of rotatable bonds is 5. The number of hydrogen-bond donors (Lipinski definition) is 1. The molecule has 21 heavy (non-hydrogen) atoms. The highest BCUT2D eigenvalue weighted by Gasteiger charge is 2.23.